The lowest BCUT2D eigenvalue weighted by Crippen LogP contribution is -2.09. The van der Waals surface area contributed by atoms with Gasteiger partial charge >= 0.3 is 0 Å². The topological polar surface area (TPSA) is 69.3 Å². The molecule has 3 aromatic heterocycles. The van der Waals surface area contributed by atoms with Crippen molar-refractivity contribution in [2.75, 3.05) is 0 Å². The first kappa shape index (κ1) is 18.1. The van der Waals surface area contributed by atoms with Gasteiger partial charge in [-0.1, -0.05) is 23.8 Å². The molecule has 0 atom stereocenters. The molecule has 3 heterocycles. The highest BCUT2D eigenvalue weighted by Crippen LogP contribution is 2.33. The van der Waals surface area contributed by atoms with Gasteiger partial charge in [-0.2, -0.15) is 10.2 Å². The minimum atomic E-state index is -3.05. The second-order valence-electron chi connectivity index (χ2n) is 7.92. The third-order valence-corrected chi connectivity index (χ3v) is 7.63. The van der Waals surface area contributed by atoms with Crippen molar-refractivity contribution in [1.29, 1.82) is 0 Å². The molecule has 4 aromatic rings. The molecule has 0 amide bonds. The van der Waals surface area contributed by atoms with E-state index >= 15 is 0 Å². The Morgan fingerprint density at radius 1 is 1.00 bits per heavy atom. The van der Waals surface area contributed by atoms with Crippen LogP contribution in [0.15, 0.2) is 55.1 Å². The Morgan fingerprint density at radius 2 is 1.83 bits per heavy atom. The highest BCUT2D eigenvalue weighted by Gasteiger charge is 2.35. The highest BCUT2D eigenvalue weighted by molar-refractivity contribution is 7.91. The number of pyridine rings is 1. The summed E-state index contributed by atoms with van der Waals surface area (Å²) in [5.41, 5.74) is 6.95. The largest absolute Gasteiger partial charge is 0.275 e. The molecular weight excluding hydrogens is 384 g/mol. The van der Waals surface area contributed by atoms with E-state index in [2.05, 4.69) is 22.3 Å². The fourth-order valence-corrected chi connectivity index (χ4v) is 5.55. The quantitative estimate of drug-likeness (QED) is 0.506. The van der Waals surface area contributed by atoms with E-state index in [1.54, 1.807) is 4.68 Å². The number of benzene rings is 1. The monoisotopic (exact) mass is 406 g/mol. The number of rotatable bonds is 5. The summed E-state index contributed by atoms with van der Waals surface area (Å²) < 4.78 is 28.5. The van der Waals surface area contributed by atoms with Crippen LogP contribution < -0.4 is 0 Å². The van der Waals surface area contributed by atoms with Crippen LogP contribution in [0.1, 0.15) is 24.0 Å². The maximum absolute atomic E-state index is 12.4. The van der Waals surface area contributed by atoms with Crippen LogP contribution in [0.3, 0.4) is 0 Å². The summed E-state index contributed by atoms with van der Waals surface area (Å²) in [5.74, 6) is 0.108. The first-order chi connectivity index (χ1) is 13.9. The Morgan fingerprint density at radius 3 is 2.55 bits per heavy atom. The molecule has 0 N–H and O–H groups in total. The van der Waals surface area contributed by atoms with Crippen LogP contribution in [0.5, 0.6) is 0 Å². The zero-order valence-corrected chi connectivity index (χ0v) is 17.2. The highest BCUT2D eigenvalue weighted by atomic mass is 32.2. The SMILES string of the molecule is Cc1cc(CS(=O)(=O)C2CC2)cc(-c2cnn3cc(-c4cnn(C)c4)ccc23)c1. The molecule has 29 heavy (non-hydrogen) atoms. The van der Waals surface area contributed by atoms with Gasteiger partial charge in [-0.05, 0) is 43.0 Å². The summed E-state index contributed by atoms with van der Waals surface area (Å²) in [7, 11) is -1.15. The van der Waals surface area contributed by atoms with Crippen LogP contribution in [0.4, 0.5) is 0 Å². The van der Waals surface area contributed by atoms with E-state index in [-0.39, 0.29) is 11.0 Å². The van der Waals surface area contributed by atoms with Crippen LogP contribution >= 0.6 is 0 Å². The molecule has 0 bridgehead atoms. The van der Waals surface area contributed by atoms with Crippen LogP contribution in [-0.2, 0) is 22.6 Å². The van der Waals surface area contributed by atoms with E-state index in [1.165, 1.54) is 0 Å². The Hall–Kier alpha value is -2.93. The number of aromatic nitrogens is 4. The lowest BCUT2D eigenvalue weighted by Gasteiger charge is -2.08. The predicted octanol–water partition coefficient (Wildman–Crippen LogP) is 3.79. The zero-order chi connectivity index (χ0) is 20.2. The van der Waals surface area contributed by atoms with E-state index in [4.69, 9.17) is 0 Å². The van der Waals surface area contributed by atoms with E-state index in [0.29, 0.717) is 0 Å². The fraction of sp³-hybridized carbons (Fsp3) is 0.273. The first-order valence-corrected chi connectivity index (χ1v) is 11.4. The van der Waals surface area contributed by atoms with Crippen molar-refractivity contribution in [3.05, 3.63) is 66.2 Å². The zero-order valence-electron chi connectivity index (χ0n) is 16.4. The maximum atomic E-state index is 12.4. The van der Waals surface area contributed by atoms with Crippen LogP contribution in [-0.4, -0.2) is 33.1 Å². The molecule has 1 aliphatic carbocycles. The molecule has 148 valence electrons. The molecule has 1 aliphatic rings. The molecule has 0 saturated heterocycles. The molecule has 0 aliphatic heterocycles. The standard InChI is InChI=1S/C22H22N4O2S/c1-15-7-16(14-29(27,28)20-4-5-20)9-18(8-15)21-11-24-26-13-17(3-6-22(21)26)19-10-23-25(2)12-19/h3,6-13,20H,4-5,14H2,1-2H3. The molecule has 1 saturated carbocycles. The fourth-order valence-electron chi connectivity index (χ4n) is 3.83. The van der Waals surface area contributed by atoms with Gasteiger partial charge in [0.2, 0.25) is 0 Å². The van der Waals surface area contributed by atoms with Crippen LogP contribution in [0.2, 0.25) is 0 Å². The number of nitrogens with zero attached hydrogens (tertiary/aromatic N) is 4. The van der Waals surface area contributed by atoms with Crippen molar-refractivity contribution < 1.29 is 8.42 Å². The summed E-state index contributed by atoms with van der Waals surface area (Å²) in [6.45, 7) is 2.00. The van der Waals surface area contributed by atoms with Gasteiger partial charge in [0.25, 0.3) is 0 Å². The Labute approximate surface area is 169 Å². The lowest BCUT2D eigenvalue weighted by atomic mass is 10.0. The van der Waals surface area contributed by atoms with Gasteiger partial charge < -0.3 is 0 Å². The summed E-state index contributed by atoms with van der Waals surface area (Å²) in [4.78, 5) is 0. The van der Waals surface area contributed by atoms with Crippen molar-refractivity contribution >= 4 is 15.4 Å². The molecule has 1 aromatic carbocycles. The summed E-state index contributed by atoms with van der Waals surface area (Å²) in [5, 5.41) is 8.62. The van der Waals surface area contributed by atoms with E-state index in [1.807, 2.05) is 61.5 Å². The second-order valence-corrected chi connectivity index (χ2v) is 10.2. The maximum Gasteiger partial charge on any atom is 0.157 e. The van der Waals surface area contributed by atoms with Gasteiger partial charge in [0.15, 0.2) is 9.84 Å². The molecule has 5 rings (SSSR count). The van der Waals surface area contributed by atoms with Gasteiger partial charge in [0, 0.05) is 36.1 Å². The van der Waals surface area contributed by atoms with E-state index < -0.39 is 9.84 Å². The summed E-state index contributed by atoms with van der Waals surface area (Å²) in [6.07, 6.45) is 9.24. The molecule has 1 fully saturated rings. The first-order valence-electron chi connectivity index (χ1n) is 9.68. The van der Waals surface area contributed by atoms with Crippen LogP contribution in [0, 0.1) is 6.92 Å². The molecule has 0 unspecified atom stereocenters. The molecular formula is C22H22N4O2S. The van der Waals surface area contributed by atoms with Gasteiger partial charge in [0.1, 0.15) is 0 Å². The third kappa shape index (κ3) is 3.46. The van der Waals surface area contributed by atoms with Gasteiger partial charge in [0.05, 0.1) is 28.9 Å². The normalized spacial score (nSPS) is 14.6. The van der Waals surface area contributed by atoms with Crippen LogP contribution in [0.25, 0.3) is 27.8 Å². The van der Waals surface area contributed by atoms with E-state index in [9.17, 15) is 8.42 Å². The molecule has 0 radical (unpaired) electrons. The van der Waals surface area contributed by atoms with Crippen molar-refractivity contribution in [2.45, 2.75) is 30.8 Å². The van der Waals surface area contributed by atoms with Crippen molar-refractivity contribution in [3.63, 3.8) is 0 Å². The third-order valence-electron chi connectivity index (χ3n) is 5.40. The van der Waals surface area contributed by atoms with Crippen molar-refractivity contribution in [2.24, 2.45) is 7.05 Å². The number of hydrogen-bond donors (Lipinski definition) is 0. The van der Waals surface area contributed by atoms with Gasteiger partial charge in [-0.15, -0.1) is 0 Å². The molecule has 0 spiro atoms. The van der Waals surface area contributed by atoms with E-state index in [0.717, 1.165) is 51.7 Å². The lowest BCUT2D eigenvalue weighted by molar-refractivity contribution is 0.594. The minimum Gasteiger partial charge on any atom is -0.275 e. The average Bonchev–Trinajstić information content (AvgIpc) is 3.32. The Bertz CT molecular complexity index is 1330. The van der Waals surface area contributed by atoms with Gasteiger partial charge in [-0.3, -0.25) is 4.68 Å². The number of sulfone groups is 1. The predicted molar refractivity (Wildman–Crippen MR) is 113 cm³/mol. The number of aryl methyl sites for hydroxylation is 2. The second kappa shape index (κ2) is 6.56. The minimum absolute atomic E-state index is 0.108. The van der Waals surface area contributed by atoms with Crippen molar-refractivity contribution in [1.82, 2.24) is 19.4 Å². The Balaban J connectivity index is 1.53. The Kier molecular flexibility index (Phi) is 4.10. The van der Waals surface area contributed by atoms with Crippen molar-refractivity contribution in [3.8, 4) is 22.3 Å². The number of hydrogen-bond acceptors (Lipinski definition) is 4. The summed E-state index contributed by atoms with van der Waals surface area (Å²) >= 11 is 0. The molecule has 7 heteroatoms. The summed E-state index contributed by atoms with van der Waals surface area (Å²) in [6, 6.07) is 10.1. The smallest absolute Gasteiger partial charge is 0.157 e. The average molecular weight is 407 g/mol. The van der Waals surface area contributed by atoms with Gasteiger partial charge in [-0.25, -0.2) is 12.9 Å². The molecule has 6 nitrogen and oxygen atoms in total. The number of fused-ring (bicyclic) bond motifs is 1.